The van der Waals surface area contributed by atoms with E-state index in [0.29, 0.717) is 29.1 Å². The third-order valence-corrected chi connectivity index (χ3v) is 2.97. The van der Waals surface area contributed by atoms with Gasteiger partial charge in [0, 0.05) is 5.69 Å². The predicted molar refractivity (Wildman–Crippen MR) is 82.1 cm³/mol. The van der Waals surface area contributed by atoms with Crippen LogP contribution in [0.1, 0.15) is 5.69 Å². The fourth-order valence-electron chi connectivity index (χ4n) is 1.91. The molecule has 0 aliphatic carbocycles. The Morgan fingerprint density at radius 3 is 2.68 bits per heavy atom. The molecule has 0 aliphatic heterocycles. The van der Waals surface area contributed by atoms with Gasteiger partial charge in [-0.2, -0.15) is 9.97 Å². The Kier molecular flexibility index (Phi) is 3.30. The van der Waals surface area contributed by atoms with E-state index in [-0.39, 0.29) is 17.5 Å². The first-order chi connectivity index (χ1) is 10.5. The van der Waals surface area contributed by atoms with Crippen molar-refractivity contribution in [3.05, 3.63) is 35.9 Å². The highest BCUT2D eigenvalue weighted by Crippen LogP contribution is 2.18. The van der Waals surface area contributed by atoms with Crippen molar-refractivity contribution in [2.75, 3.05) is 22.5 Å². The van der Waals surface area contributed by atoms with Gasteiger partial charge in [-0.1, -0.05) is 0 Å². The molecule has 0 bridgehead atoms. The molecule has 22 heavy (non-hydrogen) atoms. The Morgan fingerprint density at radius 1 is 1.09 bits per heavy atom. The van der Waals surface area contributed by atoms with E-state index in [4.69, 9.17) is 17.2 Å². The predicted octanol–water partition coefficient (Wildman–Crippen LogP) is 0.918. The molecular weight excluding hydrogens is 287 g/mol. The number of nitrogen functional groups attached to an aromatic ring is 3. The molecule has 0 saturated carbocycles. The van der Waals surface area contributed by atoms with Crippen LogP contribution in [0.5, 0.6) is 0 Å². The van der Waals surface area contributed by atoms with Gasteiger partial charge < -0.3 is 22.5 Å². The van der Waals surface area contributed by atoms with Crippen molar-refractivity contribution in [3.8, 4) is 0 Å². The first kappa shape index (κ1) is 13.7. The normalized spacial score (nSPS) is 10.8. The number of nitrogens with two attached hydrogens (primary N) is 3. The summed E-state index contributed by atoms with van der Waals surface area (Å²) in [4.78, 5) is 16.3. The molecule has 3 aromatic rings. The minimum Gasteiger partial charge on any atom is -0.396 e. The summed E-state index contributed by atoms with van der Waals surface area (Å²) in [5.41, 5.74) is 18.8. The minimum absolute atomic E-state index is 0.0481. The molecule has 3 rings (SSSR count). The van der Waals surface area contributed by atoms with Gasteiger partial charge in [-0.15, -0.1) is 0 Å². The van der Waals surface area contributed by atoms with E-state index in [1.54, 1.807) is 12.3 Å². The van der Waals surface area contributed by atoms with Gasteiger partial charge in [-0.3, -0.25) is 0 Å². The summed E-state index contributed by atoms with van der Waals surface area (Å²) >= 11 is 0. The number of benzene rings is 1. The Balaban J connectivity index is 1.83. The summed E-state index contributed by atoms with van der Waals surface area (Å²) in [5.74, 6) is -0.242. The van der Waals surface area contributed by atoms with Crippen LogP contribution in [0.4, 0.5) is 27.5 Å². The van der Waals surface area contributed by atoms with Crippen molar-refractivity contribution in [3.63, 3.8) is 0 Å². The highest BCUT2D eigenvalue weighted by atomic mass is 19.1. The summed E-state index contributed by atoms with van der Waals surface area (Å²) in [5, 5.41) is 3.07. The van der Waals surface area contributed by atoms with E-state index >= 15 is 0 Å². The molecule has 0 aliphatic rings. The van der Waals surface area contributed by atoms with Crippen molar-refractivity contribution in [1.29, 1.82) is 0 Å². The Morgan fingerprint density at radius 2 is 1.91 bits per heavy atom. The SMILES string of the molecule is Nc1nc(N)c2nc(CNc3ccc(F)c(N)c3)cnc2n1. The number of rotatable bonds is 3. The second-order valence-electron chi connectivity index (χ2n) is 4.59. The average molecular weight is 300 g/mol. The lowest BCUT2D eigenvalue weighted by atomic mass is 10.2. The van der Waals surface area contributed by atoms with Crippen LogP contribution in [0.2, 0.25) is 0 Å². The van der Waals surface area contributed by atoms with E-state index < -0.39 is 5.82 Å². The monoisotopic (exact) mass is 300 g/mol. The number of hydrogen-bond acceptors (Lipinski definition) is 8. The van der Waals surface area contributed by atoms with Crippen molar-refractivity contribution >= 4 is 34.3 Å². The Bertz CT molecular complexity index is 851. The maximum absolute atomic E-state index is 13.1. The molecule has 0 unspecified atom stereocenters. The van der Waals surface area contributed by atoms with Gasteiger partial charge >= 0.3 is 0 Å². The molecule has 0 saturated heterocycles. The highest BCUT2D eigenvalue weighted by Gasteiger charge is 2.08. The summed E-state index contributed by atoms with van der Waals surface area (Å²) in [6, 6.07) is 4.37. The molecule has 1 aromatic carbocycles. The van der Waals surface area contributed by atoms with Gasteiger partial charge in [-0.05, 0) is 18.2 Å². The van der Waals surface area contributed by atoms with Crippen LogP contribution in [0, 0.1) is 5.82 Å². The smallest absolute Gasteiger partial charge is 0.224 e. The molecule has 0 radical (unpaired) electrons. The van der Waals surface area contributed by atoms with Crippen LogP contribution in [0.25, 0.3) is 11.2 Å². The van der Waals surface area contributed by atoms with E-state index in [0.717, 1.165) is 0 Å². The zero-order valence-corrected chi connectivity index (χ0v) is 11.4. The zero-order chi connectivity index (χ0) is 15.7. The standard InChI is InChI=1S/C13H13FN8/c14-8-2-1-6(3-9(8)15)18-4-7-5-19-12-10(20-7)11(16)21-13(17)22-12/h1-3,5,18H,4,15H2,(H4,16,17,19,21,22). The van der Waals surface area contributed by atoms with Crippen LogP contribution in [-0.2, 0) is 6.54 Å². The minimum atomic E-state index is -0.460. The van der Waals surface area contributed by atoms with Gasteiger partial charge in [0.15, 0.2) is 17.0 Å². The second kappa shape index (κ2) is 5.28. The first-order valence-corrected chi connectivity index (χ1v) is 6.36. The highest BCUT2D eigenvalue weighted by molar-refractivity contribution is 5.81. The molecule has 2 heterocycles. The summed E-state index contributed by atoms with van der Waals surface area (Å²) in [6.07, 6.45) is 1.55. The lowest BCUT2D eigenvalue weighted by molar-refractivity contribution is 0.632. The topological polar surface area (TPSA) is 142 Å². The quantitative estimate of drug-likeness (QED) is 0.523. The van der Waals surface area contributed by atoms with Crippen LogP contribution >= 0.6 is 0 Å². The van der Waals surface area contributed by atoms with Gasteiger partial charge in [0.25, 0.3) is 0 Å². The molecule has 7 N–H and O–H groups in total. The molecule has 0 spiro atoms. The molecule has 112 valence electrons. The van der Waals surface area contributed by atoms with Crippen LogP contribution in [-0.4, -0.2) is 19.9 Å². The number of anilines is 4. The van der Waals surface area contributed by atoms with Gasteiger partial charge in [0.05, 0.1) is 24.1 Å². The molecule has 8 nitrogen and oxygen atoms in total. The molecule has 0 atom stereocenters. The van der Waals surface area contributed by atoms with Crippen molar-refractivity contribution in [1.82, 2.24) is 19.9 Å². The molecule has 0 amide bonds. The maximum atomic E-state index is 13.1. The van der Waals surface area contributed by atoms with Gasteiger partial charge in [0.1, 0.15) is 5.82 Å². The number of fused-ring (bicyclic) bond motifs is 1. The second-order valence-corrected chi connectivity index (χ2v) is 4.59. The Hall–Kier alpha value is -3.23. The number of aromatic nitrogens is 4. The number of nitrogens with zero attached hydrogens (tertiary/aromatic N) is 4. The largest absolute Gasteiger partial charge is 0.396 e. The summed E-state index contributed by atoms with van der Waals surface area (Å²) in [7, 11) is 0. The van der Waals surface area contributed by atoms with Crippen molar-refractivity contribution < 1.29 is 4.39 Å². The number of halogens is 1. The summed E-state index contributed by atoms with van der Waals surface area (Å²) in [6.45, 7) is 0.359. The van der Waals surface area contributed by atoms with Crippen molar-refractivity contribution in [2.24, 2.45) is 0 Å². The maximum Gasteiger partial charge on any atom is 0.224 e. The fourth-order valence-corrected chi connectivity index (χ4v) is 1.91. The Labute approximate surface area is 124 Å². The van der Waals surface area contributed by atoms with Crippen LogP contribution < -0.4 is 22.5 Å². The summed E-state index contributed by atoms with van der Waals surface area (Å²) < 4.78 is 13.1. The van der Waals surface area contributed by atoms with Crippen LogP contribution in [0.15, 0.2) is 24.4 Å². The van der Waals surface area contributed by atoms with Gasteiger partial charge in [0.2, 0.25) is 5.95 Å². The van der Waals surface area contributed by atoms with E-state index in [9.17, 15) is 4.39 Å². The number of hydrogen-bond donors (Lipinski definition) is 4. The third kappa shape index (κ3) is 2.64. The lowest BCUT2D eigenvalue weighted by Crippen LogP contribution is -2.07. The fraction of sp³-hybridized carbons (Fsp3) is 0.0769. The molecule has 2 aromatic heterocycles. The van der Waals surface area contributed by atoms with Crippen LogP contribution in [0.3, 0.4) is 0 Å². The molecular formula is C13H13FN8. The number of nitrogens with one attached hydrogen (secondary N) is 1. The average Bonchev–Trinajstić information content (AvgIpc) is 2.48. The van der Waals surface area contributed by atoms with E-state index in [2.05, 4.69) is 25.3 Å². The third-order valence-electron chi connectivity index (χ3n) is 2.97. The van der Waals surface area contributed by atoms with E-state index in [1.165, 1.54) is 12.1 Å². The molecule has 9 heteroatoms. The molecule has 0 fully saturated rings. The van der Waals surface area contributed by atoms with Crippen molar-refractivity contribution in [2.45, 2.75) is 6.54 Å². The zero-order valence-electron chi connectivity index (χ0n) is 11.4. The first-order valence-electron chi connectivity index (χ1n) is 6.36. The van der Waals surface area contributed by atoms with Gasteiger partial charge in [-0.25, -0.2) is 14.4 Å². The lowest BCUT2D eigenvalue weighted by Gasteiger charge is -2.08. The van der Waals surface area contributed by atoms with E-state index in [1.807, 2.05) is 0 Å².